The Balaban J connectivity index is 2.65. The molecule has 10 heavy (non-hydrogen) atoms. The molecule has 0 heterocycles. The Labute approximate surface area is 68.2 Å². The summed E-state index contributed by atoms with van der Waals surface area (Å²) in [5.41, 5.74) is 0. The van der Waals surface area contributed by atoms with Crippen molar-refractivity contribution in [2.75, 3.05) is 38.7 Å². The first-order valence-electron chi connectivity index (χ1n) is 3.76. The molecular weight excluding hydrogens is 144 g/mol. The van der Waals surface area contributed by atoms with Gasteiger partial charge in [-0.3, -0.25) is 0 Å². The van der Waals surface area contributed by atoms with Gasteiger partial charge in [0.1, 0.15) is 0 Å². The van der Waals surface area contributed by atoms with Crippen LogP contribution in [0.4, 0.5) is 0 Å². The summed E-state index contributed by atoms with van der Waals surface area (Å²) in [5, 5.41) is 6.44. The van der Waals surface area contributed by atoms with E-state index < -0.39 is 0 Å². The summed E-state index contributed by atoms with van der Waals surface area (Å²) in [5.74, 6) is 1.27. The first-order chi connectivity index (χ1) is 4.91. The molecule has 0 aliphatic rings. The van der Waals surface area contributed by atoms with Crippen molar-refractivity contribution in [2.24, 2.45) is 0 Å². The largest absolute Gasteiger partial charge is 0.318 e. The van der Waals surface area contributed by atoms with Crippen molar-refractivity contribution < 1.29 is 0 Å². The Hall–Kier alpha value is 0.270. The van der Waals surface area contributed by atoms with Crippen LogP contribution in [0.5, 0.6) is 0 Å². The average Bonchev–Trinajstić information content (AvgIpc) is 1.97. The average molecular weight is 162 g/mol. The van der Waals surface area contributed by atoms with E-state index in [4.69, 9.17) is 0 Å². The molecule has 62 valence electrons. The molecule has 2 nitrogen and oxygen atoms in total. The van der Waals surface area contributed by atoms with E-state index in [1.54, 1.807) is 0 Å². The summed E-state index contributed by atoms with van der Waals surface area (Å²) >= 11 is 1.91. The van der Waals surface area contributed by atoms with Gasteiger partial charge in [0.05, 0.1) is 0 Å². The fraction of sp³-hybridized carbons (Fsp3) is 1.00. The highest BCUT2D eigenvalue weighted by Crippen LogP contribution is 1.92. The van der Waals surface area contributed by atoms with Crippen molar-refractivity contribution in [3.63, 3.8) is 0 Å². The van der Waals surface area contributed by atoms with Crippen molar-refractivity contribution in [2.45, 2.75) is 6.42 Å². The Kier molecular flexibility index (Phi) is 9.52. The van der Waals surface area contributed by atoms with Crippen LogP contribution >= 0.6 is 11.8 Å². The molecule has 0 aliphatic heterocycles. The van der Waals surface area contributed by atoms with Crippen LogP contribution in [0.25, 0.3) is 0 Å². The van der Waals surface area contributed by atoms with E-state index >= 15 is 0 Å². The van der Waals surface area contributed by atoms with Gasteiger partial charge < -0.3 is 10.6 Å². The lowest BCUT2D eigenvalue weighted by Crippen LogP contribution is -2.25. The van der Waals surface area contributed by atoms with Crippen LogP contribution < -0.4 is 10.6 Å². The van der Waals surface area contributed by atoms with Gasteiger partial charge in [-0.25, -0.2) is 0 Å². The van der Waals surface area contributed by atoms with Crippen LogP contribution in [-0.2, 0) is 0 Å². The molecule has 0 amide bonds. The summed E-state index contributed by atoms with van der Waals surface area (Å²) in [6, 6.07) is 0. The smallest absolute Gasteiger partial charge is 0.00766 e. The standard InChI is InChI=1S/C7H18N2S/c1-8-5-6-9-4-3-7-10-2/h8-9H,3-7H2,1-2H3. The summed E-state index contributed by atoms with van der Waals surface area (Å²) in [4.78, 5) is 0. The van der Waals surface area contributed by atoms with Crippen LogP contribution in [0.2, 0.25) is 0 Å². The third-order valence-corrected chi connectivity index (χ3v) is 1.95. The number of hydrogen-bond acceptors (Lipinski definition) is 3. The minimum absolute atomic E-state index is 1.07. The molecule has 0 aromatic carbocycles. The van der Waals surface area contributed by atoms with Crippen LogP contribution in [0.1, 0.15) is 6.42 Å². The quantitative estimate of drug-likeness (QED) is 0.535. The zero-order chi connectivity index (χ0) is 7.66. The Morgan fingerprint density at radius 3 is 2.60 bits per heavy atom. The number of likely N-dealkylation sites (N-methyl/N-ethyl adjacent to an activating group) is 1. The van der Waals surface area contributed by atoms with E-state index in [9.17, 15) is 0 Å². The lowest BCUT2D eigenvalue weighted by Gasteiger charge is -2.01. The van der Waals surface area contributed by atoms with Crippen molar-refractivity contribution in [3.8, 4) is 0 Å². The highest BCUT2D eigenvalue weighted by molar-refractivity contribution is 7.98. The Morgan fingerprint density at radius 1 is 1.20 bits per heavy atom. The first kappa shape index (κ1) is 10.3. The normalized spacial score (nSPS) is 10.2. The second-order valence-electron chi connectivity index (χ2n) is 2.20. The van der Waals surface area contributed by atoms with Gasteiger partial charge >= 0.3 is 0 Å². The summed E-state index contributed by atoms with van der Waals surface area (Å²) in [6.45, 7) is 3.31. The highest BCUT2D eigenvalue weighted by atomic mass is 32.2. The predicted molar refractivity (Wildman–Crippen MR) is 49.8 cm³/mol. The zero-order valence-electron chi connectivity index (χ0n) is 6.94. The van der Waals surface area contributed by atoms with Gasteiger partial charge in [-0.2, -0.15) is 11.8 Å². The molecule has 0 aromatic rings. The van der Waals surface area contributed by atoms with Gasteiger partial charge in [-0.15, -0.1) is 0 Å². The fourth-order valence-corrected chi connectivity index (χ4v) is 1.11. The van der Waals surface area contributed by atoms with Crippen LogP contribution in [0, 0.1) is 0 Å². The minimum Gasteiger partial charge on any atom is -0.318 e. The van der Waals surface area contributed by atoms with Gasteiger partial charge in [0, 0.05) is 13.1 Å². The predicted octanol–water partition coefficient (Wildman–Crippen LogP) is 0.548. The molecule has 0 aliphatic carbocycles. The number of nitrogens with one attached hydrogen (secondary N) is 2. The zero-order valence-corrected chi connectivity index (χ0v) is 7.76. The number of rotatable bonds is 7. The van der Waals surface area contributed by atoms with Gasteiger partial charge in [-0.1, -0.05) is 0 Å². The fourth-order valence-electron chi connectivity index (χ4n) is 0.680. The molecular formula is C7H18N2S. The van der Waals surface area contributed by atoms with Crippen molar-refractivity contribution >= 4 is 11.8 Å². The molecule has 3 heteroatoms. The van der Waals surface area contributed by atoms with Crippen molar-refractivity contribution in [1.29, 1.82) is 0 Å². The number of thioether (sulfide) groups is 1. The van der Waals surface area contributed by atoms with Crippen LogP contribution in [-0.4, -0.2) is 38.7 Å². The van der Waals surface area contributed by atoms with E-state index in [1.807, 2.05) is 18.8 Å². The third kappa shape index (κ3) is 8.27. The van der Waals surface area contributed by atoms with Crippen LogP contribution in [0.15, 0.2) is 0 Å². The van der Waals surface area contributed by atoms with Gasteiger partial charge in [0.15, 0.2) is 0 Å². The van der Waals surface area contributed by atoms with Gasteiger partial charge in [0.25, 0.3) is 0 Å². The topological polar surface area (TPSA) is 24.1 Å². The van der Waals surface area contributed by atoms with E-state index in [0.717, 1.165) is 19.6 Å². The van der Waals surface area contributed by atoms with E-state index in [-0.39, 0.29) is 0 Å². The molecule has 0 fully saturated rings. The first-order valence-corrected chi connectivity index (χ1v) is 5.15. The van der Waals surface area contributed by atoms with Crippen molar-refractivity contribution in [3.05, 3.63) is 0 Å². The molecule has 0 saturated heterocycles. The van der Waals surface area contributed by atoms with Gasteiger partial charge in [0.2, 0.25) is 0 Å². The molecule has 0 rings (SSSR count). The Morgan fingerprint density at radius 2 is 2.00 bits per heavy atom. The Bertz CT molecular complexity index is 51.6. The second kappa shape index (κ2) is 9.27. The molecule has 0 radical (unpaired) electrons. The van der Waals surface area contributed by atoms with E-state index in [1.165, 1.54) is 12.2 Å². The minimum atomic E-state index is 1.07. The SMILES string of the molecule is CNCCNCCCSC. The third-order valence-electron chi connectivity index (χ3n) is 1.25. The lowest BCUT2D eigenvalue weighted by atomic mass is 10.4. The molecule has 0 aromatic heterocycles. The molecule has 0 unspecified atom stereocenters. The molecule has 0 saturated carbocycles. The molecule has 0 spiro atoms. The maximum atomic E-state index is 3.35. The summed E-state index contributed by atoms with van der Waals surface area (Å²) in [7, 11) is 1.98. The molecule has 2 N–H and O–H groups in total. The monoisotopic (exact) mass is 162 g/mol. The second-order valence-corrected chi connectivity index (χ2v) is 3.19. The van der Waals surface area contributed by atoms with Crippen LogP contribution in [0.3, 0.4) is 0 Å². The van der Waals surface area contributed by atoms with Crippen molar-refractivity contribution in [1.82, 2.24) is 10.6 Å². The number of hydrogen-bond donors (Lipinski definition) is 2. The maximum absolute atomic E-state index is 3.35. The molecule has 0 bridgehead atoms. The van der Waals surface area contributed by atoms with E-state index in [0.29, 0.717) is 0 Å². The maximum Gasteiger partial charge on any atom is 0.00766 e. The lowest BCUT2D eigenvalue weighted by molar-refractivity contribution is 0.644. The summed E-state index contributed by atoms with van der Waals surface area (Å²) < 4.78 is 0. The van der Waals surface area contributed by atoms with E-state index in [2.05, 4.69) is 16.9 Å². The summed E-state index contributed by atoms with van der Waals surface area (Å²) in [6.07, 6.45) is 3.43. The molecule has 0 atom stereocenters. The van der Waals surface area contributed by atoms with Gasteiger partial charge in [-0.05, 0) is 32.0 Å². The highest BCUT2D eigenvalue weighted by Gasteiger charge is 1.85.